The molecule has 1 aliphatic rings. The fourth-order valence-corrected chi connectivity index (χ4v) is 3.79. The van der Waals surface area contributed by atoms with Gasteiger partial charge in [0.2, 0.25) is 0 Å². The van der Waals surface area contributed by atoms with E-state index in [2.05, 4.69) is 27.5 Å². The number of benzene rings is 2. The number of nitrogens with zero attached hydrogens (tertiary/aromatic N) is 3. The second-order valence-electron chi connectivity index (χ2n) is 7.65. The van der Waals surface area contributed by atoms with Crippen LogP contribution in [0.3, 0.4) is 0 Å². The number of anilines is 1. The highest BCUT2D eigenvalue weighted by molar-refractivity contribution is 5.91. The Morgan fingerprint density at radius 1 is 1.20 bits per heavy atom. The molecule has 2 heterocycles. The summed E-state index contributed by atoms with van der Waals surface area (Å²) in [6, 6.07) is 9.04. The quantitative estimate of drug-likeness (QED) is 0.615. The summed E-state index contributed by atoms with van der Waals surface area (Å²) in [5.41, 5.74) is 0.850. The number of alkyl halides is 2. The van der Waals surface area contributed by atoms with E-state index < -0.39 is 23.8 Å². The molecule has 30 heavy (non-hydrogen) atoms. The largest absolute Gasteiger partial charge is 0.489 e. The Morgan fingerprint density at radius 2 is 2.00 bits per heavy atom. The zero-order valence-electron chi connectivity index (χ0n) is 16.8. The summed E-state index contributed by atoms with van der Waals surface area (Å²) in [5.74, 6) is -0.175. The van der Waals surface area contributed by atoms with Crippen LogP contribution in [0.1, 0.15) is 36.9 Å². The van der Waals surface area contributed by atoms with E-state index >= 15 is 0 Å². The number of aromatic nitrogens is 2. The topological polar surface area (TPSA) is 50.3 Å². The maximum Gasteiger partial charge on any atom is 0.266 e. The Balaban J connectivity index is 1.61. The molecule has 3 aromatic rings. The Hall–Kier alpha value is -2.87. The van der Waals surface area contributed by atoms with Gasteiger partial charge in [0, 0.05) is 24.0 Å². The summed E-state index contributed by atoms with van der Waals surface area (Å²) in [7, 11) is 2.06. The molecular weight excluding hydrogens is 393 g/mol. The molecule has 1 aromatic heterocycles. The van der Waals surface area contributed by atoms with Gasteiger partial charge in [0.05, 0.1) is 29.0 Å². The van der Waals surface area contributed by atoms with Crippen molar-refractivity contribution >= 4 is 16.6 Å². The minimum absolute atomic E-state index is 0.128. The van der Waals surface area contributed by atoms with Gasteiger partial charge in [-0.2, -0.15) is 10.2 Å². The van der Waals surface area contributed by atoms with E-state index in [1.807, 2.05) is 18.2 Å². The first-order valence-corrected chi connectivity index (χ1v) is 9.86. The van der Waals surface area contributed by atoms with E-state index in [-0.39, 0.29) is 11.7 Å². The lowest BCUT2D eigenvalue weighted by atomic mass is 10.0. The van der Waals surface area contributed by atoms with Gasteiger partial charge in [-0.3, -0.25) is 0 Å². The summed E-state index contributed by atoms with van der Waals surface area (Å²) < 4.78 is 46.7. The predicted molar refractivity (Wildman–Crippen MR) is 109 cm³/mol. The molecule has 4 rings (SSSR count). The average Bonchev–Trinajstić information content (AvgIpc) is 3.13. The van der Waals surface area contributed by atoms with Crippen LogP contribution in [0, 0.1) is 5.82 Å². The van der Waals surface area contributed by atoms with Crippen molar-refractivity contribution in [1.29, 1.82) is 0 Å². The third-order valence-electron chi connectivity index (χ3n) is 5.39. The van der Waals surface area contributed by atoms with Gasteiger partial charge in [-0.15, -0.1) is 0 Å². The van der Waals surface area contributed by atoms with Crippen LogP contribution in [-0.2, 0) is 0 Å². The van der Waals surface area contributed by atoms with Crippen LogP contribution in [0.4, 0.5) is 18.9 Å². The first kappa shape index (κ1) is 20.4. The van der Waals surface area contributed by atoms with Crippen LogP contribution in [0.15, 0.2) is 42.6 Å². The van der Waals surface area contributed by atoms with E-state index in [0.29, 0.717) is 11.2 Å². The van der Waals surface area contributed by atoms with E-state index in [1.165, 1.54) is 12.1 Å². The number of fused-ring (bicyclic) bond motifs is 1. The average molecular weight is 416 g/mol. The van der Waals surface area contributed by atoms with Crippen molar-refractivity contribution in [3.8, 4) is 5.75 Å². The van der Waals surface area contributed by atoms with Crippen molar-refractivity contribution in [2.45, 2.75) is 31.9 Å². The molecule has 1 saturated heterocycles. The molecule has 5 nitrogen and oxygen atoms in total. The zero-order valence-corrected chi connectivity index (χ0v) is 16.8. The first-order valence-electron chi connectivity index (χ1n) is 9.86. The summed E-state index contributed by atoms with van der Waals surface area (Å²) in [6.45, 7) is 3.58. The molecule has 0 radical (unpaired) electrons. The number of ether oxygens (including phenoxy) is 1. The van der Waals surface area contributed by atoms with Crippen molar-refractivity contribution in [3.63, 3.8) is 0 Å². The Bertz CT molecular complexity index is 1050. The van der Waals surface area contributed by atoms with Gasteiger partial charge < -0.3 is 15.0 Å². The monoisotopic (exact) mass is 416 g/mol. The van der Waals surface area contributed by atoms with Crippen LogP contribution in [0.25, 0.3) is 10.9 Å². The number of hydrogen-bond acceptors (Lipinski definition) is 5. The van der Waals surface area contributed by atoms with Gasteiger partial charge in [-0.25, -0.2) is 13.2 Å². The van der Waals surface area contributed by atoms with Crippen molar-refractivity contribution in [2.24, 2.45) is 0 Å². The normalized spacial score (nSPS) is 18.1. The van der Waals surface area contributed by atoms with Crippen LogP contribution in [0.2, 0.25) is 0 Å². The van der Waals surface area contributed by atoms with Gasteiger partial charge in [0.25, 0.3) is 6.43 Å². The third-order valence-corrected chi connectivity index (χ3v) is 5.39. The molecular formula is C22H23F3N4O. The van der Waals surface area contributed by atoms with Crippen LogP contribution in [0.5, 0.6) is 5.75 Å². The SMILES string of the molecule is C[C@@H](Nc1cnnc2ccc(OC3CCN(C)C3)cc12)c1cccc(C(F)F)c1F. The Kier molecular flexibility index (Phi) is 5.76. The van der Waals surface area contributed by atoms with E-state index in [1.54, 1.807) is 13.1 Å². The Labute approximate surface area is 172 Å². The van der Waals surface area contributed by atoms with Gasteiger partial charge in [0.15, 0.2) is 0 Å². The zero-order chi connectivity index (χ0) is 21.3. The lowest BCUT2D eigenvalue weighted by Gasteiger charge is -2.19. The summed E-state index contributed by atoms with van der Waals surface area (Å²) in [4.78, 5) is 2.22. The third kappa shape index (κ3) is 4.18. The predicted octanol–water partition coefficient (Wildman–Crippen LogP) is 4.96. The first-order chi connectivity index (χ1) is 14.4. The molecule has 158 valence electrons. The van der Waals surface area contributed by atoms with Gasteiger partial charge in [-0.05, 0) is 38.6 Å². The molecule has 2 aromatic carbocycles. The fraction of sp³-hybridized carbons (Fsp3) is 0.364. The minimum Gasteiger partial charge on any atom is -0.489 e. The number of hydrogen-bond donors (Lipinski definition) is 1. The summed E-state index contributed by atoms with van der Waals surface area (Å²) in [6.07, 6.45) is -0.232. The van der Waals surface area contributed by atoms with Gasteiger partial charge in [0.1, 0.15) is 17.7 Å². The van der Waals surface area contributed by atoms with Crippen molar-refractivity contribution < 1.29 is 17.9 Å². The number of likely N-dealkylation sites (N-methyl/N-ethyl adjacent to an activating group) is 1. The van der Waals surface area contributed by atoms with Gasteiger partial charge >= 0.3 is 0 Å². The second-order valence-corrected chi connectivity index (χ2v) is 7.65. The second kappa shape index (κ2) is 8.47. The van der Waals surface area contributed by atoms with Crippen LogP contribution >= 0.6 is 0 Å². The van der Waals surface area contributed by atoms with Gasteiger partial charge in [-0.1, -0.05) is 18.2 Å². The number of rotatable bonds is 6. The molecule has 0 spiro atoms. The molecule has 0 aliphatic carbocycles. The highest BCUT2D eigenvalue weighted by Crippen LogP contribution is 2.32. The lowest BCUT2D eigenvalue weighted by Crippen LogP contribution is -2.21. The molecule has 0 bridgehead atoms. The molecule has 2 atom stereocenters. The smallest absolute Gasteiger partial charge is 0.266 e. The van der Waals surface area contributed by atoms with Crippen LogP contribution in [-0.4, -0.2) is 41.3 Å². The maximum atomic E-state index is 14.5. The highest BCUT2D eigenvalue weighted by Gasteiger charge is 2.22. The standard InChI is InChI=1S/C22H23F3N4O/c1-13(16-4-3-5-17(21(16)23)22(24)25)27-20-11-26-28-19-7-6-14(10-18(19)20)30-15-8-9-29(2)12-15/h3-7,10-11,13,15,22H,8-9,12H2,1-2H3,(H,27,28)/t13-,15?/m1/s1. The molecule has 1 fully saturated rings. The summed E-state index contributed by atoms with van der Waals surface area (Å²) >= 11 is 0. The fourth-order valence-electron chi connectivity index (χ4n) is 3.79. The molecule has 1 N–H and O–H groups in total. The van der Waals surface area contributed by atoms with E-state index in [0.717, 1.165) is 36.7 Å². The maximum absolute atomic E-state index is 14.5. The minimum atomic E-state index is -2.87. The number of halogens is 3. The van der Waals surface area contributed by atoms with Crippen molar-refractivity contribution in [2.75, 3.05) is 25.5 Å². The van der Waals surface area contributed by atoms with Crippen molar-refractivity contribution in [1.82, 2.24) is 15.1 Å². The molecule has 0 saturated carbocycles. The molecule has 1 unspecified atom stereocenters. The van der Waals surface area contributed by atoms with Crippen LogP contribution < -0.4 is 10.1 Å². The van der Waals surface area contributed by atoms with E-state index in [9.17, 15) is 13.2 Å². The summed E-state index contributed by atoms with van der Waals surface area (Å²) in [5, 5.41) is 12.1. The highest BCUT2D eigenvalue weighted by atomic mass is 19.3. The molecule has 1 aliphatic heterocycles. The van der Waals surface area contributed by atoms with E-state index in [4.69, 9.17) is 4.74 Å². The Morgan fingerprint density at radius 3 is 2.73 bits per heavy atom. The number of likely N-dealkylation sites (tertiary alicyclic amines) is 1. The molecule has 8 heteroatoms. The van der Waals surface area contributed by atoms with Crippen molar-refractivity contribution in [3.05, 3.63) is 59.5 Å². The molecule has 0 amide bonds. The number of nitrogens with one attached hydrogen (secondary N) is 1. The lowest BCUT2D eigenvalue weighted by molar-refractivity contribution is 0.146.